The largest absolute Gasteiger partial charge is 0.454 e. The molecule has 132 valence electrons. The Morgan fingerprint density at radius 1 is 1.12 bits per heavy atom. The Labute approximate surface area is 144 Å². The summed E-state index contributed by atoms with van der Waals surface area (Å²) in [5.41, 5.74) is 1.51. The van der Waals surface area contributed by atoms with Gasteiger partial charge in [0.15, 0.2) is 11.5 Å². The summed E-state index contributed by atoms with van der Waals surface area (Å²) in [6.07, 6.45) is -0.351. The molecule has 1 atom stereocenters. The SMILES string of the molecule is O=C(NCC[C@H](O)c1ccc2c(c1)OCO2)NCc1ccc(F)cc1. The molecule has 1 aliphatic heterocycles. The van der Waals surface area contributed by atoms with Gasteiger partial charge in [0.25, 0.3) is 0 Å². The minimum absolute atomic E-state index is 0.185. The number of nitrogens with one attached hydrogen (secondary N) is 2. The highest BCUT2D eigenvalue weighted by molar-refractivity contribution is 5.73. The maximum absolute atomic E-state index is 12.8. The van der Waals surface area contributed by atoms with Gasteiger partial charge >= 0.3 is 6.03 Å². The number of urea groups is 1. The van der Waals surface area contributed by atoms with Crippen molar-refractivity contribution < 1.29 is 23.8 Å². The number of benzene rings is 2. The second kappa shape index (κ2) is 7.85. The van der Waals surface area contributed by atoms with Crippen LogP contribution < -0.4 is 20.1 Å². The van der Waals surface area contributed by atoms with Gasteiger partial charge in [-0.1, -0.05) is 18.2 Å². The van der Waals surface area contributed by atoms with E-state index in [1.165, 1.54) is 12.1 Å². The summed E-state index contributed by atoms with van der Waals surface area (Å²) >= 11 is 0. The number of aliphatic hydroxyl groups is 1. The van der Waals surface area contributed by atoms with Crippen LogP contribution in [0.4, 0.5) is 9.18 Å². The van der Waals surface area contributed by atoms with Gasteiger partial charge in [0.05, 0.1) is 6.10 Å². The quantitative estimate of drug-likeness (QED) is 0.751. The van der Waals surface area contributed by atoms with Gasteiger partial charge in [-0.25, -0.2) is 9.18 Å². The number of hydrogen-bond donors (Lipinski definition) is 3. The Balaban J connectivity index is 1.39. The predicted molar refractivity (Wildman–Crippen MR) is 88.8 cm³/mol. The van der Waals surface area contributed by atoms with E-state index in [0.717, 1.165) is 5.56 Å². The van der Waals surface area contributed by atoms with Crippen molar-refractivity contribution in [2.45, 2.75) is 19.1 Å². The predicted octanol–water partition coefficient (Wildman–Crippen LogP) is 2.48. The topological polar surface area (TPSA) is 79.8 Å². The Morgan fingerprint density at radius 3 is 2.68 bits per heavy atom. The highest BCUT2D eigenvalue weighted by Crippen LogP contribution is 2.34. The maximum Gasteiger partial charge on any atom is 0.315 e. The zero-order valence-electron chi connectivity index (χ0n) is 13.5. The third kappa shape index (κ3) is 4.60. The van der Waals surface area contributed by atoms with Gasteiger partial charge in [-0.15, -0.1) is 0 Å². The van der Waals surface area contributed by atoms with Crippen LogP contribution in [0.3, 0.4) is 0 Å². The molecule has 2 amide bonds. The van der Waals surface area contributed by atoms with E-state index >= 15 is 0 Å². The Morgan fingerprint density at radius 2 is 1.88 bits per heavy atom. The first kappa shape index (κ1) is 17.0. The third-order valence-corrected chi connectivity index (χ3v) is 3.85. The zero-order chi connectivity index (χ0) is 17.6. The number of fused-ring (bicyclic) bond motifs is 1. The molecule has 0 aromatic heterocycles. The lowest BCUT2D eigenvalue weighted by Gasteiger charge is -2.13. The van der Waals surface area contributed by atoms with E-state index < -0.39 is 6.10 Å². The van der Waals surface area contributed by atoms with E-state index in [1.807, 2.05) is 0 Å². The number of rotatable bonds is 6. The van der Waals surface area contributed by atoms with Crippen LogP contribution in [0.2, 0.25) is 0 Å². The monoisotopic (exact) mass is 346 g/mol. The van der Waals surface area contributed by atoms with Crippen LogP contribution in [0.25, 0.3) is 0 Å². The zero-order valence-corrected chi connectivity index (χ0v) is 13.5. The fraction of sp³-hybridized carbons (Fsp3) is 0.278. The van der Waals surface area contributed by atoms with Crippen LogP contribution in [0.15, 0.2) is 42.5 Å². The number of amides is 2. The molecule has 0 fully saturated rings. The van der Waals surface area contributed by atoms with E-state index in [1.54, 1.807) is 30.3 Å². The molecule has 0 spiro atoms. The van der Waals surface area contributed by atoms with Crippen LogP contribution in [0, 0.1) is 5.82 Å². The molecule has 0 radical (unpaired) electrons. The first-order valence-electron chi connectivity index (χ1n) is 7.95. The molecule has 0 aliphatic carbocycles. The molecule has 0 saturated carbocycles. The molecule has 2 aromatic rings. The number of aliphatic hydroxyl groups excluding tert-OH is 1. The molecule has 25 heavy (non-hydrogen) atoms. The molecule has 1 aliphatic rings. The van der Waals surface area contributed by atoms with Crippen LogP contribution in [-0.4, -0.2) is 24.5 Å². The first-order chi connectivity index (χ1) is 12.1. The van der Waals surface area contributed by atoms with Crippen LogP contribution in [-0.2, 0) is 6.54 Å². The molecule has 3 rings (SSSR count). The average Bonchev–Trinajstić information content (AvgIpc) is 3.09. The first-order valence-corrected chi connectivity index (χ1v) is 7.95. The van der Waals surface area contributed by atoms with E-state index in [0.29, 0.717) is 36.6 Å². The van der Waals surface area contributed by atoms with Crippen molar-refractivity contribution in [3.05, 3.63) is 59.4 Å². The summed E-state index contributed by atoms with van der Waals surface area (Å²) < 4.78 is 23.3. The van der Waals surface area contributed by atoms with Crippen LogP contribution >= 0.6 is 0 Å². The normalized spacial score (nSPS) is 13.4. The second-order valence-electron chi connectivity index (χ2n) is 5.65. The molecular weight excluding hydrogens is 327 g/mol. The standard InChI is InChI=1S/C18H19FN2O4/c19-14-4-1-12(2-5-14)10-21-18(23)20-8-7-15(22)13-3-6-16-17(9-13)25-11-24-16/h1-6,9,15,22H,7-8,10-11H2,(H2,20,21,23)/t15-/m0/s1. The van der Waals surface area contributed by atoms with Gasteiger partial charge < -0.3 is 25.2 Å². The van der Waals surface area contributed by atoms with Gasteiger partial charge in [-0.2, -0.15) is 0 Å². The molecule has 0 bridgehead atoms. The van der Waals surface area contributed by atoms with Gasteiger partial charge in [0.1, 0.15) is 5.82 Å². The van der Waals surface area contributed by atoms with Gasteiger partial charge in [0, 0.05) is 13.1 Å². The smallest absolute Gasteiger partial charge is 0.315 e. The fourth-order valence-electron chi connectivity index (χ4n) is 2.46. The molecule has 0 unspecified atom stereocenters. The minimum atomic E-state index is -0.716. The lowest BCUT2D eigenvalue weighted by atomic mass is 10.1. The van der Waals surface area contributed by atoms with Crippen molar-refractivity contribution in [3.63, 3.8) is 0 Å². The van der Waals surface area contributed by atoms with E-state index in [-0.39, 0.29) is 18.6 Å². The molecule has 2 aromatic carbocycles. The van der Waals surface area contributed by atoms with Crippen molar-refractivity contribution in [2.24, 2.45) is 0 Å². The summed E-state index contributed by atoms with van der Waals surface area (Å²) in [6, 6.07) is 10.8. The molecule has 3 N–H and O–H groups in total. The number of carbonyl (C=O) groups is 1. The van der Waals surface area contributed by atoms with Gasteiger partial charge in [-0.3, -0.25) is 0 Å². The number of carbonyl (C=O) groups excluding carboxylic acids is 1. The van der Waals surface area contributed by atoms with Crippen LogP contribution in [0.1, 0.15) is 23.7 Å². The summed E-state index contributed by atoms with van der Waals surface area (Å²) in [4.78, 5) is 11.7. The summed E-state index contributed by atoms with van der Waals surface area (Å²) in [7, 11) is 0. The minimum Gasteiger partial charge on any atom is -0.454 e. The highest BCUT2D eigenvalue weighted by Gasteiger charge is 2.16. The van der Waals surface area contributed by atoms with Crippen molar-refractivity contribution in [2.75, 3.05) is 13.3 Å². The molecular formula is C18H19FN2O4. The maximum atomic E-state index is 12.8. The number of halogens is 1. The highest BCUT2D eigenvalue weighted by atomic mass is 19.1. The van der Waals surface area contributed by atoms with Crippen molar-refractivity contribution in [1.29, 1.82) is 0 Å². The lowest BCUT2D eigenvalue weighted by Crippen LogP contribution is -2.36. The molecule has 0 saturated heterocycles. The summed E-state index contributed by atoms with van der Waals surface area (Å²) in [5, 5.41) is 15.5. The summed E-state index contributed by atoms with van der Waals surface area (Å²) in [6.45, 7) is 0.798. The molecule has 1 heterocycles. The molecule has 6 nitrogen and oxygen atoms in total. The van der Waals surface area contributed by atoms with Gasteiger partial charge in [-0.05, 0) is 41.8 Å². The fourth-order valence-corrected chi connectivity index (χ4v) is 2.46. The summed E-state index contributed by atoms with van der Waals surface area (Å²) in [5.74, 6) is 0.960. The van der Waals surface area contributed by atoms with E-state index in [9.17, 15) is 14.3 Å². The number of ether oxygens (including phenoxy) is 2. The van der Waals surface area contributed by atoms with E-state index in [2.05, 4.69) is 10.6 Å². The lowest BCUT2D eigenvalue weighted by molar-refractivity contribution is 0.165. The Hall–Kier alpha value is -2.80. The number of hydrogen-bond acceptors (Lipinski definition) is 4. The third-order valence-electron chi connectivity index (χ3n) is 3.85. The van der Waals surface area contributed by atoms with E-state index in [4.69, 9.17) is 9.47 Å². The van der Waals surface area contributed by atoms with Crippen molar-refractivity contribution >= 4 is 6.03 Å². The molecule has 7 heteroatoms. The Kier molecular flexibility index (Phi) is 5.35. The van der Waals surface area contributed by atoms with Crippen LogP contribution in [0.5, 0.6) is 11.5 Å². The average molecular weight is 346 g/mol. The second-order valence-corrected chi connectivity index (χ2v) is 5.65. The van der Waals surface area contributed by atoms with Crippen molar-refractivity contribution in [1.82, 2.24) is 10.6 Å². The Bertz CT molecular complexity index is 736. The van der Waals surface area contributed by atoms with Crippen molar-refractivity contribution in [3.8, 4) is 11.5 Å². The van der Waals surface area contributed by atoms with Gasteiger partial charge in [0.2, 0.25) is 6.79 Å².